The molecule has 0 saturated carbocycles. The summed E-state index contributed by atoms with van der Waals surface area (Å²) in [6.07, 6.45) is 5.46. The Hall–Kier alpha value is -2.63. The van der Waals surface area contributed by atoms with Crippen LogP contribution in [0.2, 0.25) is 5.02 Å². The van der Waals surface area contributed by atoms with Crippen molar-refractivity contribution in [3.8, 4) is 0 Å². The molecule has 1 N–H and O–H groups in total. The van der Waals surface area contributed by atoms with Crippen molar-refractivity contribution >= 4 is 38.9 Å². The van der Waals surface area contributed by atoms with Crippen LogP contribution in [0.15, 0.2) is 67.3 Å². The Morgan fingerprint density at radius 2 is 1.88 bits per heavy atom. The van der Waals surface area contributed by atoms with Gasteiger partial charge in [-0.1, -0.05) is 54.1 Å². The van der Waals surface area contributed by atoms with Crippen LogP contribution in [0.25, 0.3) is 10.1 Å². The number of halogens is 1. The van der Waals surface area contributed by atoms with Crippen molar-refractivity contribution in [3.63, 3.8) is 0 Å². The van der Waals surface area contributed by atoms with Gasteiger partial charge in [0.2, 0.25) is 0 Å². The number of rotatable bonds is 5. The second kappa shape index (κ2) is 7.32. The number of thiophene rings is 1. The summed E-state index contributed by atoms with van der Waals surface area (Å²) < 4.78 is 3.02. The van der Waals surface area contributed by atoms with Gasteiger partial charge < -0.3 is 9.88 Å². The molecule has 0 atom stereocenters. The fourth-order valence-corrected chi connectivity index (χ4v) is 4.31. The number of hydrogen-bond acceptors (Lipinski definition) is 3. The Morgan fingerprint density at radius 3 is 2.65 bits per heavy atom. The molecule has 0 spiro atoms. The van der Waals surface area contributed by atoms with Gasteiger partial charge in [0.05, 0.1) is 11.3 Å². The Kier molecular flexibility index (Phi) is 4.73. The van der Waals surface area contributed by atoms with E-state index in [4.69, 9.17) is 11.6 Å². The Balaban J connectivity index is 1.52. The molecule has 0 fully saturated rings. The Bertz CT molecular complexity index is 1060. The molecule has 0 aliphatic carbocycles. The molecule has 0 bridgehead atoms. The zero-order valence-electron chi connectivity index (χ0n) is 13.9. The number of benzene rings is 2. The minimum Gasteiger partial charge on any atom is -0.347 e. The number of carbonyl (C=O) groups is 1. The monoisotopic (exact) mass is 381 g/mol. The zero-order valence-corrected chi connectivity index (χ0v) is 15.4. The van der Waals surface area contributed by atoms with Gasteiger partial charge in [0.1, 0.15) is 4.88 Å². The maximum atomic E-state index is 12.6. The van der Waals surface area contributed by atoms with Gasteiger partial charge in [0.25, 0.3) is 5.91 Å². The molecule has 1 amide bonds. The molecular formula is C20H16ClN3OS. The highest BCUT2D eigenvalue weighted by Gasteiger charge is 2.17. The van der Waals surface area contributed by atoms with E-state index in [9.17, 15) is 4.79 Å². The van der Waals surface area contributed by atoms with Gasteiger partial charge in [0, 0.05) is 35.6 Å². The average molecular weight is 382 g/mol. The number of hydrogen-bond donors (Lipinski definition) is 1. The number of aromatic nitrogens is 2. The molecule has 26 heavy (non-hydrogen) atoms. The van der Waals surface area contributed by atoms with Gasteiger partial charge >= 0.3 is 0 Å². The summed E-state index contributed by atoms with van der Waals surface area (Å²) in [5.74, 6) is -0.145. The molecular weight excluding hydrogens is 366 g/mol. The van der Waals surface area contributed by atoms with Crippen LogP contribution in [0.1, 0.15) is 20.8 Å². The lowest BCUT2D eigenvalue weighted by Gasteiger charge is -2.11. The summed E-state index contributed by atoms with van der Waals surface area (Å²) in [6, 6.07) is 15.9. The van der Waals surface area contributed by atoms with Crippen LogP contribution in [0.3, 0.4) is 0 Å². The fourth-order valence-electron chi connectivity index (χ4n) is 2.88. The fraction of sp³-hybridized carbons (Fsp3) is 0.100. The van der Waals surface area contributed by atoms with Gasteiger partial charge in [-0.2, -0.15) is 0 Å². The number of fused-ring (bicyclic) bond motifs is 1. The topological polar surface area (TPSA) is 46.9 Å². The third-order valence-corrected chi connectivity index (χ3v) is 5.89. The van der Waals surface area contributed by atoms with E-state index in [1.807, 2.05) is 53.2 Å². The molecule has 2 heterocycles. The van der Waals surface area contributed by atoms with E-state index in [0.29, 0.717) is 16.4 Å². The summed E-state index contributed by atoms with van der Waals surface area (Å²) in [5, 5.41) is 4.44. The summed E-state index contributed by atoms with van der Waals surface area (Å²) in [5.41, 5.74) is 2.22. The predicted molar refractivity (Wildman–Crippen MR) is 106 cm³/mol. The van der Waals surface area contributed by atoms with Crippen molar-refractivity contribution in [1.29, 1.82) is 0 Å². The quantitative estimate of drug-likeness (QED) is 0.543. The molecule has 2 aromatic carbocycles. The molecule has 4 aromatic rings. The maximum Gasteiger partial charge on any atom is 0.263 e. The van der Waals surface area contributed by atoms with Crippen LogP contribution in [-0.4, -0.2) is 15.5 Å². The summed E-state index contributed by atoms with van der Waals surface area (Å²) in [4.78, 5) is 17.3. The molecule has 6 heteroatoms. The zero-order chi connectivity index (χ0) is 17.9. The standard InChI is InChI=1S/C20H16ClN3OS/c21-18-16-7-3-4-8-17(16)26-19(18)20(25)23-11-14-5-1-2-6-15(14)12-24-10-9-22-13-24/h1-10,13H,11-12H2,(H,23,25). The molecule has 0 radical (unpaired) electrons. The molecule has 0 unspecified atom stereocenters. The van der Waals surface area contributed by atoms with Crippen LogP contribution in [0.4, 0.5) is 0 Å². The lowest BCUT2D eigenvalue weighted by Crippen LogP contribution is -2.23. The maximum absolute atomic E-state index is 12.6. The first-order valence-electron chi connectivity index (χ1n) is 8.20. The van der Waals surface area contributed by atoms with Crippen molar-refractivity contribution in [2.75, 3.05) is 0 Å². The van der Waals surface area contributed by atoms with Crippen LogP contribution < -0.4 is 5.32 Å². The average Bonchev–Trinajstić information content (AvgIpc) is 3.29. The highest BCUT2D eigenvalue weighted by Crippen LogP contribution is 2.35. The molecule has 0 aliphatic rings. The minimum atomic E-state index is -0.145. The number of carbonyl (C=O) groups excluding carboxylic acids is 1. The van der Waals surface area contributed by atoms with Crippen LogP contribution >= 0.6 is 22.9 Å². The van der Waals surface area contributed by atoms with Crippen molar-refractivity contribution in [2.24, 2.45) is 0 Å². The number of nitrogens with zero attached hydrogens (tertiary/aromatic N) is 2. The lowest BCUT2D eigenvalue weighted by atomic mass is 10.1. The van der Waals surface area contributed by atoms with Gasteiger partial charge in [0.15, 0.2) is 0 Å². The first-order chi connectivity index (χ1) is 12.7. The third kappa shape index (κ3) is 3.36. The van der Waals surface area contributed by atoms with Gasteiger partial charge in [-0.05, 0) is 17.2 Å². The summed E-state index contributed by atoms with van der Waals surface area (Å²) >= 11 is 7.82. The third-order valence-electron chi connectivity index (χ3n) is 4.21. The highest BCUT2D eigenvalue weighted by molar-refractivity contribution is 7.21. The van der Waals surface area contributed by atoms with Crippen molar-refractivity contribution in [1.82, 2.24) is 14.9 Å². The predicted octanol–water partition coefficient (Wildman–Crippen LogP) is 4.73. The van der Waals surface area contributed by atoms with E-state index >= 15 is 0 Å². The largest absolute Gasteiger partial charge is 0.347 e. The van der Waals surface area contributed by atoms with E-state index in [0.717, 1.165) is 27.8 Å². The molecule has 2 aromatic heterocycles. The van der Waals surface area contributed by atoms with Gasteiger partial charge in [-0.3, -0.25) is 4.79 Å². The van der Waals surface area contributed by atoms with Crippen LogP contribution in [-0.2, 0) is 13.1 Å². The van der Waals surface area contributed by atoms with E-state index in [2.05, 4.69) is 16.4 Å². The normalized spacial score (nSPS) is 11.0. The number of imidazole rings is 1. The SMILES string of the molecule is O=C(NCc1ccccc1Cn1ccnc1)c1sc2ccccc2c1Cl. The smallest absolute Gasteiger partial charge is 0.263 e. The highest BCUT2D eigenvalue weighted by atomic mass is 35.5. The van der Waals surface area contributed by atoms with E-state index in [1.165, 1.54) is 11.3 Å². The summed E-state index contributed by atoms with van der Waals surface area (Å²) in [6.45, 7) is 1.17. The second-order valence-electron chi connectivity index (χ2n) is 5.93. The van der Waals surface area contributed by atoms with E-state index < -0.39 is 0 Å². The Labute approximate surface area is 160 Å². The lowest BCUT2D eigenvalue weighted by molar-refractivity contribution is 0.0955. The van der Waals surface area contributed by atoms with Crippen LogP contribution in [0, 0.1) is 0 Å². The number of nitrogens with one attached hydrogen (secondary N) is 1. The van der Waals surface area contributed by atoms with Gasteiger partial charge in [-0.15, -0.1) is 11.3 Å². The first kappa shape index (κ1) is 16.8. The summed E-state index contributed by atoms with van der Waals surface area (Å²) in [7, 11) is 0. The molecule has 130 valence electrons. The minimum absolute atomic E-state index is 0.145. The first-order valence-corrected chi connectivity index (χ1v) is 9.39. The Morgan fingerprint density at radius 1 is 1.12 bits per heavy atom. The molecule has 4 nitrogen and oxygen atoms in total. The van der Waals surface area contributed by atoms with E-state index in [-0.39, 0.29) is 5.91 Å². The van der Waals surface area contributed by atoms with Gasteiger partial charge in [-0.25, -0.2) is 4.98 Å². The molecule has 0 aliphatic heterocycles. The molecule has 4 rings (SSSR count). The van der Waals surface area contributed by atoms with Crippen LogP contribution in [0.5, 0.6) is 0 Å². The number of amides is 1. The van der Waals surface area contributed by atoms with Crippen molar-refractivity contribution in [2.45, 2.75) is 13.1 Å². The molecule has 0 saturated heterocycles. The van der Waals surface area contributed by atoms with E-state index in [1.54, 1.807) is 12.5 Å². The van der Waals surface area contributed by atoms with Crippen molar-refractivity contribution in [3.05, 3.63) is 88.3 Å². The van der Waals surface area contributed by atoms with Crippen molar-refractivity contribution < 1.29 is 4.79 Å². The second-order valence-corrected chi connectivity index (χ2v) is 7.36.